The van der Waals surface area contributed by atoms with E-state index in [-0.39, 0.29) is 0 Å². The van der Waals surface area contributed by atoms with E-state index in [0.717, 1.165) is 0 Å². The van der Waals surface area contributed by atoms with E-state index in [9.17, 15) is 0 Å². The Morgan fingerprint density at radius 1 is 1.23 bits per heavy atom. The fourth-order valence-corrected chi connectivity index (χ4v) is 0.915. The zero-order chi connectivity index (χ0) is 9.36. The van der Waals surface area contributed by atoms with Crippen LogP contribution in [0.1, 0.15) is 5.56 Å². The number of hydrogen-bond acceptors (Lipinski definition) is 1. The Labute approximate surface area is 79.1 Å². The topological polar surface area (TPSA) is 12.4 Å². The highest BCUT2D eigenvalue weighted by Gasteiger charge is 1.79. The van der Waals surface area contributed by atoms with Crippen molar-refractivity contribution in [3.63, 3.8) is 0 Å². The summed E-state index contributed by atoms with van der Waals surface area (Å²) in [7, 11) is 0. The summed E-state index contributed by atoms with van der Waals surface area (Å²) >= 11 is 0. The molecule has 1 aromatic rings. The van der Waals surface area contributed by atoms with Crippen LogP contribution in [-0.2, 0) is 0 Å². The molecule has 0 unspecified atom stereocenters. The van der Waals surface area contributed by atoms with Crippen molar-refractivity contribution >= 4 is 12.3 Å². The molecule has 0 amide bonds. The van der Waals surface area contributed by atoms with Crippen LogP contribution in [-0.4, -0.2) is 12.8 Å². The first-order chi connectivity index (χ1) is 6.43. The minimum absolute atomic E-state index is 0.680. The molecule has 0 aliphatic carbocycles. The van der Waals surface area contributed by atoms with Crippen molar-refractivity contribution in [3.05, 3.63) is 54.6 Å². The highest BCUT2D eigenvalue weighted by Crippen LogP contribution is 1.99. The van der Waals surface area contributed by atoms with Crippen LogP contribution < -0.4 is 0 Å². The smallest absolute Gasteiger partial charge is 0.0567 e. The third kappa shape index (κ3) is 4.06. The Morgan fingerprint density at radius 3 is 2.69 bits per heavy atom. The van der Waals surface area contributed by atoms with Crippen molar-refractivity contribution in [3.8, 4) is 0 Å². The summed E-state index contributed by atoms with van der Waals surface area (Å²) in [5.41, 5.74) is 1.19. The molecule has 1 nitrogen and oxygen atoms in total. The molecule has 0 atom stereocenters. The van der Waals surface area contributed by atoms with Gasteiger partial charge in [0.15, 0.2) is 0 Å². The molecular weight excluding hydrogens is 158 g/mol. The summed E-state index contributed by atoms with van der Waals surface area (Å²) in [5.74, 6) is 0. The number of rotatable bonds is 4. The van der Waals surface area contributed by atoms with E-state index in [1.165, 1.54) is 5.56 Å². The standard InChI is InChI=1S/C12H13N/c1-2-10-13-11-6-9-12-7-4-3-5-8-12/h2-9,11H,1,10H2/b9-6+,13-11?. The highest BCUT2D eigenvalue weighted by atomic mass is 14.7. The van der Waals surface area contributed by atoms with Gasteiger partial charge in [0.2, 0.25) is 0 Å². The van der Waals surface area contributed by atoms with Crippen LogP contribution >= 0.6 is 0 Å². The molecule has 0 saturated heterocycles. The van der Waals surface area contributed by atoms with Crippen LogP contribution in [0.5, 0.6) is 0 Å². The van der Waals surface area contributed by atoms with Crippen LogP contribution in [0, 0.1) is 0 Å². The van der Waals surface area contributed by atoms with Crippen LogP contribution in [0.15, 0.2) is 54.1 Å². The molecular formula is C12H13N. The SMILES string of the molecule is C=CCN=C/C=C/c1ccccc1. The Kier molecular flexibility index (Phi) is 4.33. The molecule has 0 heterocycles. The highest BCUT2D eigenvalue weighted by molar-refractivity contribution is 5.78. The summed E-state index contributed by atoms with van der Waals surface area (Å²) in [6.07, 6.45) is 7.51. The molecule has 0 aromatic heterocycles. The second-order valence-corrected chi connectivity index (χ2v) is 2.57. The minimum Gasteiger partial charge on any atom is -0.289 e. The van der Waals surface area contributed by atoms with Gasteiger partial charge in [-0.15, -0.1) is 6.58 Å². The summed E-state index contributed by atoms with van der Waals surface area (Å²) < 4.78 is 0. The van der Waals surface area contributed by atoms with Crippen molar-refractivity contribution in [2.75, 3.05) is 6.54 Å². The fraction of sp³-hybridized carbons (Fsp3) is 0.0833. The fourth-order valence-electron chi connectivity index (χ4n) is 0.915. The predicted octanol–water partition coefficient (Wildman–Crippen LogP) is 2.96. The second kappa shape index (κ2) is 5.95. The third-order valence-corrected chi connectivity index (χ3v) is 1.51. The summed E-state index contributed by atoms with van der Waals surface area (Å²) in [6.45, 7) is 4.26. The van der Waals surface area contributed by atoms with E-state index < -0.39 is 0 Å². The van der Waals surface area contributed by atoms with Gasteiger partial charge in [0.1, 0.15) is 0 Å². The average Bonchev–Trinajstić information content (AvgIpc) is 2.19. The Morgan fingerprint density at radius 2 is 2.00 bits per heavy atom. The molecule has 0 N–H and O–H groups in total. The zero-order valence-corrected chi connectivity index (χ0v) is 7.56. The van der Waals surface area contributed by atoms with Crippen molar-refractivity contribution < 1.29 is 0 Å². The predicted molar refractivity (Wildman–Crippen MR) is 59.0 cm³/mol. The molecule has 13 heavy (non-hydrogen) atoms. The van der Waals surface area contributed by atoms with Gasteiger partial charge in [-0.2, -0.15) is 0 Å². The van der Waals surface area contributed by atoms with Gasteiger partial charge in [-0.25, -0.2) is 0 Å². The average molecular weight is 171 g/mol. The van der Waals surface area contributed by atoms with Gasteiger partial charge in [-0.05, 0) is 11.6 Å². The lowest BCUT2D eigenvalue weighted by atomic mass is 10.2. The lowest BCUT2D eigenvalue weighted by molar-refractivity contribution is 1.27. The lowest BCUT2D eigenvalue weighted by Gasteiger charge is -1.88. The molecule has 0 fully saturated rings. The van der Waals surface area contributed by atoms with Gasteiger partial charge < -0.3 is 0 Å². The number of aliphatic imine (C=N–C) groups is 1. The Balaban J connectivity index is 2.45. The second-order valence-electron chi connectivity index (χ2n) is 2.57. The molecule has 0 saturated carbocycles. The lowest BCUT2D eigenvalue weighted by Crippen LogP contribution is -1.72. The zero-order valence-electron chi connectivity index (χ0n) is 7.56. The Bertz CT molecular complexity index is 296. The molecule has 1 rings (SSSR count). The van der Waals surface area contributed by atoms with Gasteiger partial charge in [0.25, 0.3) is 0 Å². The van der Waals surface area contributed by atoms with Crippen LogP contribution in [0.3, 0.4) is 0 Å². The molecule has 1 heteroatoms. The molecule has 0 bridgehead atoms. The summed E-state index contributed by atoms with van der Waals surface area (Å²) in [6, 6.07) is 10.1. The Hall–Kier alpha value is -1.63. The monoisotopic (exact) mass is 171 g/mol. The van der Waals surface area contributed by atoms with E-state index >= 15 is 0 Å². The molecule has 1 aromatic carbocycles. The molecule has 0 spiro atoms. The number of hydrogen-bond donors (Lipinski definition) is 0. The summed E-state index contributed by atoms with van der Waals surface area (Å²) in [5, 5.41) is 0. The molecule has 0 aliphatic rings. The first-order valence-corrected chi connectivity index (χ1v) is 4.26. The normalized spacial score (nSPS) is 11.1. The van der Waals surface area contributed by atoms with Crippen molar-refractivity contribution in [2.24, 2.45) is 4.99 Å². The van der Waals surface area contributed by atoms with Crippen LogP contribution in [0.25, 0.3) is 6.08 Å². The number of benzene rings is 1. The van der Waals surface area contributed by atoms with Gasteiger partial charge in [0, 0.05) is 6.21 Å². The first kappa shape index (κ1) is 9.46. The van der Waals surface area contributed by atoms with Gasteiger partial charge in [-0.1, -0.05) is 42.5 Å². The van der Waals surface area contributed by atoms with E-state index in [1.807, 2.05) is 30.4 Å². The first-order valence-electron chi connectivity index (χ1n) is 4.26. The van der Waals surface area contributed by atoms with Gasteiger partial charge >= 0.3 is 0 Å². The van der Waals surface area contributed by atoms with E-state index in [1.54, 1.807) is 12.3 Å². The largest absolute Gasteiger partial charge is 0.289 e. The molecule has 66 valence electrons. The molecule has 0 aliphatic heterocycles. The quantitative estimate of drug-likeness (QED) is 0.488. The van der Waals surface area contributed by atoms with Crippen molar-refractivity contribution in [2.45, 2.75) is 0 Å². The van der Waals surface area contributed by atoms with E-state index in [0.29, 0.717) is 6.54 Å². The van der Waals surface area contributed by atoms with E-state index in [4.69, 9.17) is 0 Å². The summed E-state index contributed by atoms with van der Waals surface area (Å²) in [4.78, 5) is 4.08. The maximum atomic E-state index is 4.08. The molecule has 0 radical (unpaired) electrons. The van der Waals surface area contributed by atoms with Crippen LogP contribution in [0.4, 0.5) is 0 Å². The van der Waals surface area contributed by atoms with Crippen molar-refractivity contribution in [1.29, 1.82) is 0 Å². The van der Waals surface area contributed by atoms with Gasteiger partial charge in [-0.3, -0.25) is 4.99 Å². The number of nitrogens with zero attached hydrogens (tertiary/aromatic N) is 1. The maximum Gasteiger partial charge on any atom is 0.0567 e. The van der Waals surface area contributed by atoms with Crippen molar-refractivity contribution in [1.82, 2.24) is 0 Å². The maximum absolute atomic E-state index is 4.08. The number of allylic oxidation sites excluding steroid dienone is 1. The minimum atomic E-state index is 0.680. The van der Waals surface area contributed by atoms with Crippen LogP contribution in [0.2, 0.25) is 0 Å². The van der Waals surface area contributed by atoms with E-state index in [2.05, 4.69) is 23.7 Å². The third-order valence-electron chi connectivity index (χ3n) is 1.51. The van der Waals surface area contributed by atoms with Gasteiger partial charge in [0.05, 0.1) is 6.54 Å².